The summed E-state index contributed by atoms with van der Waals surface area (Å²) in [5, 5.41) is 0.604. The third-order valence-corrected chi connectivity index (χ3v) is 4.66. The Bertz CT molecular complexity index is 788. The number of rotatable bonds is 4. The lowest BCUT2D eigenvalue weighted by atomic mass is 10.2. The van der Waals surface area contributed by atoms with E-state index in [1.807, 2.05) is 0 Å². The Morgan fingerprint density at radius 1 is 1.17 bits per heavy atom. The Kier molecular flexibility index (Phi) is 5.49. The summed E-state index contributed by atoms with van der Waals surface area (Å²) in [4.78, 5) is 16.7. The first-order valence-corrected chi connectivity index (χ1v) is 8.36. The van der Waals surface area contributed by atoms with Crippen LogP contribution in [0, 0.1) is 0 Å². The number of nitrogens with one attached hydrogen (secondary N) is 1. The monoisotopic (exact) mass is 384 g/mol. The van der Waals surface area contributed by atoms with E-state index in [0.717, 1.165) is 0 Å². The average Bonchev–Trinajstić information content (AvgIpc) is 2.41. The second-order valence-electron chi connectivity index (χ2n) is 4.50. The molecule has 0 aliphatic rings. The number of alkyl halides is 3. The zero-order valence-corrected chi connectivity index (χ0v) is 13.6. The van der Waals surface area contributed by atoms with Crippen molar-refractivity contribution in [3.63, 3.8) is 0 Å². The molecule has 124 valence electrons. The summed E-state index contributed by atoms with van der Waals surface area (Å²) >= 11 is 11.9. The van der Waals surface area contributed by atoms with Crippen molar-refractivity contribution in [1.82, 2.24) is 9.97 Å². The molecule has 10 heteroatoms. The lowest BCUT2D eigenvalue weighted by Gasteiger charge is -2.09. The average molecular weight is 385 g/mol. The Hall–Kier alpha value is -1.38. The Labute approximate surface area is 141 Å². The van der Waals surface area contributed by atoms with Crippen LogP contribution >= 0.6 is 23.2 Å². The molecule has 1 N–H and O–H groups in total. The van der Waals surface area contributed by atoms with Gasteiger partial charge in [-0.1, -0.05) is 29.3 Å². The van der Waals surface area contributed by atoms with Crippen LogP contribution in [-0.4, -0.2) is 14.2 Å². The van der Waals surface area contributed by atoms with Gasteiger partial charge in [0.25, 0.3) is 5.56 Å². The molecule has 0 saturated carbocycles. The molecular weight excluding hydrogens is 376 g/mol. The van der Waals surface area contributed by atoms with Crippen LogP contribution in [0.5, 0.6) is 0 Å². The predicted molar refractivity (Wildman–Crippen MR) is 81.9 cm³/mol. The summed E-state index contributed by atoms with van der Waals surface area (Å²) in [5.74, 6) is -0.745. The van der Waals surface area contributed by atoms with Gasteiger partial charge in [-0.15, -0.1) is 0 Å². The second-order valence-corrected chi connectivity index (χ2v) is 6.78. The van der Waals surface area contributed by atoms with Gasteiger partial charge in [0, 0.05) is 32.5 Å². The third-order valence-electron chi connectivity index (χ3n) is 2.75. The van der Waals surface area contributed by atoms with Crippen molar-refractivity contribution >= 4 is 34.0 Å². The van der Waals surface area contributed by atoms with E-state index in [4.69, 9.17) is 23.2 Å². The van der Waals surface area contributed by atoms with Gasteiger partial charge in [0.05, 0.1) is 11.5 Å². The first-order valence-electron chi connectivity index (χ1n) is 6.12. The van der Waals surface area contributed by atoms with Gasteiger partial charge in [-0.3, -0.25) is 9.00 Å². The summed E-state index contributed by atoms with van der Waals surface area (Å²) in [6.07, 6.45) is -4.75. The number of halogens is 5. The van der Waals surface area contributed by atoms with Crippen LogP contribution in [0.4, 0.5) is 13.2 Å². The zero-order chi connectivity index (χ0) is 17.2. The molecule has 0 spiro atoms. The largest absolute Gasteiger partial charge is 0.433 e. The van der Waals surface area contributed by atoms with E-state index in [0.29, 0.717) is 21.7 Å². The highest BCUT2D eigenvalue weighted by molar-refractivity contribution is 7.83. The minimum atomic E-state index is -4.75. The van der Waals surface area contributed by atoms with E-state index in [-0.39, 0.29) is 17.3 Å². The number of benzene rings is 1. The van der Waals surface area contributed by atoms with Gasteiger partial charge in [0.15, 0.2) is 5.69 Å². The lowest BCUT2D eigenvalue weighted by Crippen LogP contribution is -2.19. The number of hydrogen-bond donors (Lipinski definition) is 1. The number of nitrogens with zero attached hydrogens (tertiary/aromatic N) is 1. The topological polar surface area (TPSA) is 62.8 Å². The molecule has 2 rings (SSSR count). The molecule has 0 saturated heterocycles. The zero-order valence-electron chi connectivity index (χ0n) is 11.3. The summed E-state index contributed by atoms with van der Waals surface area (Å²) in [6, 6.07) is 5.08. The maximum Gasteiger partial charge on any atom is 0.433 e. The number of aromatic amines is 1. The second kappa shape index (κ2) is 7.02. The molecule has 1 aromatic carbocycles. The highest BCUT2D eigenvalue weighted by Gasteiger charge is 2.33. The molecule has 0 aliphatic heterocycles. The summed E-state index contributed by atoms with van der Waals surface area (Å²) in [6.45, 7) is 0. The van der Waals surface area contributed by atoms with Gasteiger partial charge in [-0.25, -0.2) is 4.98 Å². The lowest BCUT2D eigenvalue weighted by molar-refractivity contribution is -0.141. The van der Waals surface area contributed by atoms with Crippen molar-refractivity contribution in [3.05, 3.63) is 61.7 Å². The highest BCUT2D eigenvalue weighted by Crippen LogP contribution is 2.27. The molecule has 0 aliphatic carbocycles. The van der Waals surface area contributed by atoms with Crippen molar-refractivity contribution in [1.29, 1.82) is 0 Å². The SMILES string of the molecule is O=c1cc(C(F)(F)F)nc(C[S@](=O)Cc2c(Cl)cccc2Cl)[nH]1. The molecule has 0 unspecified atom stereocenters. The first-order chi connectivity index (χ1) is 10.7. The van der Waals surface area contributed by atoms with Gasteiger partial charge in [0.2, 0.25) is 0 Å². The fourth-order valence-corrected chi connectivity index (χ4v) is 3.62. The van der Waals surface area contributed by atoms with Gasteiger partial charge >= 0.3 is 6.18 Å². The minimum Gasteiger partial charge on any atom is -0.310 e. The molecule has 0 bridgehead atoms. The highest BCUT2D eigenvalue weighted by atomic mass is 35.5. The Balaban J connectivity index is 2.21. The molecule has 23 heavy (non-hydrogen) atoms. The third kappa shape index (κ3) is 4.79. The van der Waals surface area contributed by atoms with E-state index in [9.17, 15) is 22.2 Å². The summed E-state index contributed by atoms with van der Waals surface area (Å²) < 4.78 is 49.9. The van der Waals surface area contributed by atoms with Gasteiger partial charge < -0.3 is 4.98 Å². The Morgan fingerprint density at radius 2 is 1.78 bits per heavy atom. The maximum atomic E-state index is 12.6. The smallest absolute Gasteiger partial charge is 0.310 e. The van der Waals surface area contributed by atoms with Gasteiger partial charge in [0.1, 0.15) is 5.82 Å². The van der Waals surface area contributed by atoms with E-state index >= 15 is 0 Å². The predicted octanol–water partition coefficient (Wildman–Crippen LogP) is 3.54. The first kappa shape index (κ1) is 18.0. The van der Waals surface area contributed by atoms with Crippen LogP contribution in [0.1, 0.15) is 17.1 Å². The molecule has 1 atom stereocenters. The quantitative estimate of drug-likeness (QED) is 0.876. The number of hydrogen-bond acceptors (Lipinski definition) is 3. The van der Waals surface area contributed by atoms with Crippen LogP contribution < -0.4 is 5.56 Å². The summed E-state index contributed by atoms with van der Waals surface area (Å²) in [5.41, 5.74) is -1.87. The van der Waals surface area contributed by atoms with Crippen LogP contribution in [0.3, 0.4) is 0 Å². The molecule has 1 heterocycles. The van der Waals surface area contributed by atoms with E-state index in [1.54, 1.807) is 18.2 Å². The molecule has 0 fully saturated rings. The minimum absolute atomic E-state index is 0.0710. The molecule has 0 radical (unpaired) electrons. The van der Waals surface area contributed by atoms with E-state index in [1.165, 1.54) is 0 Å². The van der Waals surface area contributed by atoms with Crippen molar-refractivity contribution in [2.45, 2.75) is 17.7 Å². The molecular formula is C13H9Cl2F3N2O2S. The standard InChI is InChI=1S/C13H9Cl2F3N2O2S/c14-8-2-1-3-9(15)7(8)5-23(22)6-11-19-10(13(16,17)18)4-12(21)20-11/h1-4H,5-6H2,(H,19,20,21)/t23-/m1/s1. The van der Waals surface area contributed by atoms with Crippen molar-refractivity contribution in [2.24, 2.45) is 0 Å². The van der Waals surface area contributed by atoms with Crippen molar-refractivity contribution in [2.75, 3.05) is 0 Å². The van der Waals surface area contributed by atoms with Crippen LogP contribution in [0.2, 0.25) is 10.0 Å². The van der Waals surface area contributed by atoms with Crippen LogP contribution in [-0.2, 0) is 28.5 Å². The van der Waals surface area contributed by atoms with Crippen LogP contribution in [0.15, 0.2) is 29.1 Å². The van der Waals surface area contributed by atoms with Crippen molar-refractivity contribution < 1.29 is 17.4 Å². The van der Waals surface area contributed by atoms with E-state index in [2.05, 4.69) is 9.97 Å². The van der Waals surface area contributed by atoms with Crippen LogP contribution in [0.25, 0.3) is 0 Å². The van der Waals surface area contributed by atoms with E-state index < -0.39 is 28.2 Å². The molecule has 2 aromatic rings. The maximum absolute atomic E-state index is 12.6. The normalized spacial score (nSPS) is 13.1. The molecule has 4 nitrogen and oxygen atoms in total. The number of aromatic nitrogens is 2. The fourth-order valence-electron chi connectivity index (χ4n) is 1.76. The molecule has 0 amide bonds. The summed E-state index contributed by atoms with van der Waals surface area (Å²) in [7, 11) is -1.65. The molecule has 1 aromatic heterocycles. The van der Waals surface area contributed by atoms with Gasteiger partial charge in [-0.05, 0) is 12.1 Å². The van der Waals surface area contributed by atoms with Crippen molar-refractivity contribution in [3.8, 4) is 0 Å². The fraction of sp³-hybridized carbons (Fsp3) is 0.231. The Morgan fingerprint density at radius 3 is 2.35 bits per heavy atom. The van der Waals surface area contributed by atoms with Gasteiger partial charge in [-0.2, -0.15) is 13.2 Å². The number of H-pyrrole nitrogens is 1.